The third kappa shape index (κ3) is 2.68. The van der Waals surface area contributed by atoms with Crippen LogP contribution in [-0.4, -0.2) is 15.1 Å². The maximum absolute atomic E-state index is 8.89. The maximum atomic E-state index is 8.89. The Morgan fingerprint density at radius 3 is 2.89 bits per heavy atom. The number of hydrogen-bond donors (Lipinski definition) is 1. The zero-order valence-corrected chi connectivity index (χ0v) is 10.7. The number of rotatable bonds is 5. The van der Waals surface area contributed by atoms with Crippen molar-refractivity contribution in [3.05, 3.63) is 40.1 Å². The monoisotopic (exact) mass is 262 g/mol. The molecule has 1 aliphatic rings. The standard InChI is InChI=1S/C13H14N2O2S/c16-6-10-3-4-12(5-14-10)17-7-11-8-18-13(15-11)9-1-2-9/h3-5,8-9,16H,1-2,6-7H2. The second-order valence-electron chi connectivity index (χ2n) is 4.38. The Labute approximate surface area is 109 Å². The van der Waals surface area contributed by atoms with Gasteiger partial charge in [0.1, 0.15) is 12.4 Å². The molecule has 0 spiro atoms. The van der Waals surface area contributed by atoms with E-state index in [4.69, 9.17) is 9.84 Å². The van der Waals surface area contributed by atoms with Gasteiger partial charge >= 0.3 is 0 Å². The van der Waals surface area contributed by atoms with Gasteiger partial charge in [0.15, 0.2) is 0 Å². The molecule has 2 aromatic rings. The van der Waals surface area contributed by atoms with Gasteiger partial charge in [0.05, 0.1) is 29.2 Å². The molecule has 0 amide bonds. The van der Waals surface area contributed by atoms with E-state index in [0.717, 1.165) is 5.69 Å². The highest BCUT2D eigenvalue weighted by atomic mass is 32.1. The van der Waals surface area contributed by atoms with Crippen LogP contribution >= 0.6 is 11.3 Å². The van der Waals surface area contributed by atoms with Crippen LogP contribution in [0.1, 0.15) is 35.2 Å². The Kier molecular flexibility index (Phi) is 3.25. The van der Waals surface area contributed by atoms with Crippen LogP contribution in [0.3, 0.4) is 0 Å². The van der Waals surface area contributed by atoms with Gasteiger partial charge in [-0.1, -0.05) is 0 Å². The van der Waals surface area contributed by atoms with Gasteiger partial charge in [-0.2, -0.15) is 0 Å². The Balaban J connectivity index is 1.58. The molecule has 2 aromatic heterocycles. The summed E-state index contributed by atoms with van der Waals surface area (Å²) in [5.41, 5.74) is 1.63. The minimum Gasteiger partial charge on any atom is -0.486 e. The van der Waals surface area contributed by atoms with E-state index in [1.807, 2.05) is 6.07 Å². The lowest BCUT2D eigenvalue weighted by Gasteiger charge is -2.04. The molecule has 4 nitrogen and oxygen atoms in total. The van der Waals surface area contributed by atoms with Gasteiger partial charge < -0.3 is 9.84 Å². The number of aliphatic hydroxyl groups excluding tert-OH is 1. The van der Waals surface area contributed by atoms with Crippen LogP contribution in [0.4, 0.5) is 0 Å². The summed E-state index contributed by atoms with van der Waals surface area (Å²) < 4.78 is 5.61. The van der Waals surface area contributed by atoms with Crippen LogP contribution in [0.15, 0.2) is 23.7 Å². The summed E-state index contributed by atoms with van der Waals surface area (Å²) in [7, 11) is 0. The van der Waals surface area contributed by atoms with Gasteiger partial charge in [-0.3, -0.25) is 4.98 Å². The molecule has 0 aromatic carbocycles. The van der Waals surface area contributed by atoms with Gasteiger partial charge in [0.25, 0.3) is 0 Å². The van der Waals surface area contributed by atoms with Gasteiger partial charge in [-0.25, -0.2) is 4.98 Å². The van der Waals surface area contributed by atoms with Crippen LogP contribution in [0.5, 0.6) is 5.75 Å². The maximum Gasteiger partial charge on any atom is 0.138 e. The lowest BCUT2D eigenvalue weighted by atomic mass is 10.3. The number of ether oxygens (including phenoxy) is 1. The van der Waals surface area contributed by atoms with Crippen molar-refractivity contribution >= 4 is 11.3 Å². The molecular weight excluding hydrogens is 248 g/mol. The molecule has 0 aliphatic heterocycles. The Morgan fingerprint density at radius 1 is 1.33 bits per heavy atom. The number of aromatic nitrogens is 2. The second-order valence-corrected chi connectivity index (χ2v) is 5.27. The summed E-state index contributed by atoms with van der Waals surface area (Å²) in [4.78, 5) is 8.61. The fourth-order valence-electron chi connectivity index (χ4n) is 1.65. The van der Waals surface area contributed by atoms with Crippen molar-refractivity contribution in [1.29, 1.82) is 0 Å². The SMILES string of the molecule is OCc1ccc(OCc2csc(C3CC3)n2)cn1. The highest BCUT2D eigenvalue weighted by Crippen LogP contribution is 2.41. The van der Waals surface area contributed by atoms with Gasteiger partial charge in [0.2, 0.25) is 0 Å². The molecular formula is C13H14N2O2S. The van der Waals surface area contributed by atoms with Gasteiger partial charge in [0, 0.05) is 11.3 Å². The first-order valence-corrected chi connectivity index (χ1v) is 6.86. The molecule has 94 valence electrons. The molecule has 1 fully saturated rings. The Bertz CT molecular complexity index is 520. The number of hydrogen-bond acceptors (Lipinski definition) is 5. The number of nitrogens with zero attached hydrogens (tertiary/aromatic N) is 2. The van der Waals surface area contributed by atoms with Crippen LogP contribution in [0, 0.1) is 0 Å². The van der Waals surface area contributed by atoms with E-state index in [-0.39, 0.29) is 6.61 Å². The molecule has 0 radical (unpaired) electrons. The second kappa shape index (κ2) is 5.04. The number of aliphatic hydroxyl groups is 1. The fourth-order valence-corrected chi connectivity index (χ4v) is 2.63. The molecule has 3 rings (SSSR count). The number of pyridine rings is 1. The highest BCUT2D eigenvalue weighted by Gasteiger charge is 2.26. The zero-order valence-electron chi connectivity index (χ0n) is 9.87. The van der Waals surface area contributed by atoms with Crippen molar-refractivity contribution in [2.75, 3.05) is 0 Å². The van der Waals surface area contributed by atoms with Gasteiger partial charge in [-0.05, 0) is 25.0 Å². The summed E-state index contributed by atoms with van der Waals surface area (Å²) >= 11 is 1.72. The first kappa shape index (κ1) is 11.6. The van der Waals surface area contributed by atoms with Crippen molar-refractivity contribution in [3.63, 3.8) is 0 Å². The summed E-state index contributed by atoms with van der Waals surface area (Å²) in [5.74, 6) is 1.41. The average molecular weight is 262 g/mol. The minimum absolute atomic E-state index is 0.0445. The average Bonchev–Trinajstić information content (AvgIpc) is 3.16. The van der Waals surface area contributed by atoms with E-state index in [1.54, 1.807) is 23.6 Å². The molecule has 0 atom stereocenters. The molecule has 1 saturated carbocycles. The van der Waals surface area contributed by atoms with Crippen LogP contribution in [0.2, 0.25) is 0 Å². The van der Waals surface area contributed by atoms with E-state index in [1.165, 1.54) is 17.8 Å². The molecule has 0 unspecified atom stereocenters. The topological polar surface area (TPSA) is 55.2 Å². The molecule has 1 aliphatic carbocycles. The smallest absolute Gasteiger partial charge is 0.138 e. The first-order chi connectivity index (χ1) is 8.85. The van der Waals surface area contributed by atoms with E-state index in [0.29, 0.717) is 24.0 Å². The summed E-state index contributed by atoms with van der Waals surface area (Å²) in [6.45, 7) is 0.431. The van der Waals surface area contributed by atoms with E-state index in [9.17, 15) is 0 Å². The normalized spacial score (nSPS) is 14.7. The molecule has 2 heterocycles. The molecule has 18 heavy (non-hydrogen) atoms. The Hall–Kier alpha value is -1.46. The first-order valence-electron chi connectivity index (χ1n) is 5.98. The van der Waals surface area contributed by atoms with E-state index < -0.39 is 0 Å². The van der Waals surface area contributed by atoms with E-state index >= 15 is 0 Å². The highest BCUT2D eigenvalue weighted by molar-refractivity contribution is 7.09. The quantitative estimate of drug-likeness (QED) is 0.899. The fraction of sp³-hybridized carbons (Fsp3) is 0.385. The minimum atomic E-state index is -0.0445. The lowest BCUT2D eigenvalue weighted by Crippen LogP contribution is -1.97. The van der Waals surface area contributed by atoms with E-state index in [2.05, 4.69) is 15.3 Å². The van der Waals surface area contributed by atoms with Crippen molar-refractivity contribution in [3.8, 4) is 5.75 Å². The zero-order chi connectivity index (χ0) is 12.4. The molecule has 0 saturated heterocycles. The van der Waals surface area contributed by atoms with Crippen molar-refractivity contribution in [2.24, 2.45) is 0 Å². The summed E-state index contributed by atoms with van der Waals surface area (Å²) in [5, 5.41) is 12.2. The van der Waals surface area contributed by atoms with Crippen LogP contribution in [0.25, 0.3) is 0 Å². The predicted molar refractivity (Wildman–Crippen MR) is 68.6 cm³/mol. The van der Waals surface area contributed by atoms with Crippen molar-refractivity contribution in [2.45, 2.75) is 32.0 Å². The third-order valence-corrected chi connectivity index (χ3v) is 3.90. The summed E-state index contributed by atoms with van der Waals surface area (Å²) in [6.07, 6.45) is 4.18. The predicted octanol–water partition coefficient (Wildman–Crippen LogP) is 2.49. The lowest BCUT2D eigenvalue weighted by molar-refractivity contribution is 0.274. The van der Waals surface area contributed by atoms with Crippen molar-refractivity contribution < 1.29 is 9.84 Å². The molecule has 1 N–H and O–H groups in total. The molecule has 5 heteroatoms. The largest absolute Gasteiger partial charge is 0.486 e. The van der Waals surface area contributed by atoms with Crippen LogP contribution in [-0.2, 0) is 13.2 Å². The van der Waals surface area contributed by atoms with Crippen molar-refractivity contribution in [1.82, 2.24) is 9.97 Å². The van der Waals surface area contributed by atoms with Crippen LogP contribution < -0.4 is 4.74 Å². The summed E-state index contributed by atoms with van der Waals surface area (Å²) in [6, 6.07) is 3.57. The Morgan fingerprint density at radius 2 is 2.22 bits per heavy atom. The van der Waals surface area contributed by atoms with Gasteiger partial charge in [-0.15, -0.1) is 11.3 Å². The molecule has 0 bridgehead atoms. The third-order valence-electron chi connectivity index (χ3n) is 2.84. The number of thiazole rings is 1.